The van der Waals surface area contributed by atoms with Crippen molar-refractivity contribution in [3.8, 4) is 5.95 Å². The lowest BCUT2D eigenvalue weighted by Crippen LogP contribution is -2.33. The minimum Gasteiger partial charge on any atom is -0.461 e. The number of hydrogen-bond donors (Lipinski definition) is 4. The van der Waals surface area contributed by atoms with Crippen LogP contribution in [0, 0.1) is 0 Å². The van der Waals surface area contributed by atoms with E-state index in [4.69, 9.17) is 9.47 Å². The van der Waals surface area contributed by atoms with Crippen LogP contribution in [0.2, 0.25) is 0 Å². The summed E-state index contributed by atoms with van der Waals surface area (Å²) in [6.45, 7) is 1.44. The normalized spacial score (nSPS) is 25.3. The molecule has 4 atom stereocenters. The molecule has 182 valence electrons. The maximum Gasteiger partial charge on any atom is 0.360 e. The number of aliphatic hydroxyl groups excluding tert-OH is 3. The predicted molar refractivity (Wildman–Crippen MR) is 115 cm³/mol. The van der Waals surface area contributed by atoms with Crippen molar-refractivity contribution in [1.29, 1.82) is 0 Å². The van der Waals surface area contributed by atoms with Gasteiger partial charge in [0.05, 0.1) is 25.7 Å². The fraction of sp³-hybridized carbons (Fsp3) is 0.600. The van der Waals surface area contributed by atoms with Crippen LogP contribution in [-0.2, 0) is 9.47 Å². The van der Waals surface area contributed by atoms with Crippen LogP contribution in [0.1, 0.15) is 49.3 Å². The van der Waals surface area contributed by atoms with E-state index in [1.165, 1.54) is 21.8 Å². The van der Waals surface area contributed by atoms with E-state index in [0.717, 1.165) is 25.7 Å². The molecule has 3 aromatic rings. The van der Waals surface area contributed by atoms with Gasteiger partial charge in [0.2, 0.25) is 0 Å². The number of carbonyl (C=O) groups is 1. The van der Waals surface area contributed by atoms with E-state index in [-0.39, 0.29) is 24.3 Å². The highest BCUT2D eigenvalue weighted by Gasteiger charge is 2.44. The summed E-state index contributed by atoms with van der Waals surface area (Å²) in [4.78, 5) is 25.6. The molecule has 14 nitrogen and oxygen atoms in total. The van der Waals surface area contributed by atoms with Crippen LogP contribution >= 0.6 is 0 Å². The standard InChI is InChI=1S/C20H26N8O6/c1-2-33-19(32)11-7-28(26-25-11)20-23-16(22-10-5-3-4-6-10)13-17(24-20)27(9-21-13)18-15(31)14(30)12(8-29)34-18/h7,9-10,12,14-15,18,29-31H,2-6,8H2,1H3,(H,22,23,24)/t12-,14-,15+,18?/m1/s1. The van der Waals surface area contributed by atoms with Crippen LogP contribution in [0.4, 0.5) is 5.82 Å². The van der Waals surface area contributed by atoms with Gasteiger partial charge in [-0.3, -0.25) is 4.57 Å². The first-order valence-electron chi connectivity index (χ1n) is 11.2. The minimum absolute atomic E-state index is 0.00724. The minimum atomic E-state index is -1.30. The zero-order valence-corrected chi connectivity index (χ0v) is 18.5. The summed E-state index contributed by atoms with van der Waals surface area (Å²) < 4.78 is 13.4. The third-order valence-electron chi connectivity index (χ3n) is 6.08. The summed E-state index contributed by atoms with van der Waals surface area (Å²) in [5, 5.41) is 41.4. The van der Waals surface area contributed by atoms with Gasteiger partial charge in [0.15, 0.2) is 28.9 Å². The number of nitrogens with zero attached hydrogens (tertiary/aromatic N) is 7. The van der Waals surface area contributed by atoms with E-state index < -0.39 is 37.1 Å². The monoisotopic (exact) mass is 474 g/mol. The summed E-state index contributed by atoms with van der Waals surface area (Å²) in [6, 6.07) is 0.218. The number of ether oxygens (including phenoxy) is 2. The summed E-state index contributed by atoms with van der Waals surface area (Å²) in [5.41, 5.74) is 0.764. The van der Waals surface area contributed by atoms with Gasteiger partial charge < -0.3 is 30.1 Å². The summed E-state index contributed by atoms with van der Waals surface area (Å²) in [6.07, 6.45) is 2.47. The molecule has 4 heterocycles. The SMILES string of the molecule is CCOC(=O)c1cn(-c2nc(NC3CCCC3)c3ncn(C4O[C@H](CO)[C@@H](O)[C@@H]4O)c3n2)nn1. The molecule has 2 aliphatic rings. The first kappa shape index (κ1) is 22.6. The van der Waals surface area contributed by atoms with Gasteiger partial charge in [-0.25, -0.2) is 9.78 Å². The van der Waals surface area contributed by atoms with Crippen molar-refractivity contribution in [2.45, 2.75) is 63.2 Å². The first-order valence-corrected chi connectivity index (χ1v) is 11.2. The number of nitrogens with one attached hydrogen (secondary N) is 1. The smallest absolute Gasteiger partial charge is 0.360 e. The zero-order chi connectivity index (χ0) is 23.8. The van der Waals surface area contributed by atoms with Crippen LogP contribution in [0.5, 0.6) is 0 Å². The van der Waals surface area contributed by atoms with Crippen molar-refractivity contribution in [1.82, 2.24) is 34.5 Å². The second-order valence-electron chi connectivity index (χ2n) is 8.32. The number of imidazole rings is 1. The van der Waals surface area contributed by atoms with E-state index in [0.29, 0.717) is 17.0 Å². The Kier molecular flexibility index (Phi) is 6.12. The number of carbonyl (C=O) groups excluding carboxylic acids is 1. The molecule has 1 aliphatic heterocycles. The quantitative estimate of drug-likeness (QED) is 0.324. The van der Waals surface area contributed by atoms with Crippen molar-refractivity contribution in [2.24, 2.45) is 0 Å². The molecule has 3 aromatic heterocycles. The van der Waals surface area contributed by atoms with E-state index in [1.807, 2.05) is 0 Å². The van der Waals surface area contributed by atoms with Gasteiger partial charge in [-0.2, -0.15) is 14.6 Å². The fourth-order valence-corrected chi connectivity index (χ4v) is 4.33. The van der Waals surface area contributed by atoms with Crippen LogP contribution in [-0.4, -0.2) is 93.4 Å². The molecule has 1 saturated heterocycles. The zero-order valence-electron chi connectivity index (χ0n) is 18.5. The van der Waals surface area contributed by atoms with E-state index >= 15 is 0 Å². The fourth-order valence-electron chi connectivity index (χ4n) is 4.33. The second kappa shape index (κ2) is 9.21. The molecule has 0 spiro atoms. The highest BCUT2D eigenvalue weighted by atomic mass is 16.6. The number of fused-ring (bicyclic) bond motifs is 1. The lowest BCUT2D eigenvalue weighted by molar-refractivity contribution is -0.0511. The average Bonchev–Trinajstić information content (AvgIpc) is 3.62. The maximum absolute atomic E-state index is 12.0. The van der Waals surface area contributed by atoms with Gasteiger partial charge >= 0.3 is 5.97 Å². The molecule has 5 rings (SSSR count). The summed E-state index contributed by atoms with van der Waals surface area (Å²) in [7, 11) is 0. The Hall–Kier alpha value is -3.20. The molecule has 0 amide bonds. The van der Waals surface area contributed by atoms with E-state index in [1.54, 1.807) is 6.92 Å². The third kappa shape index (κ3) is 3.98. The molecule has 1 unspecified atom stereocenters. The van der Waals surface area contributed by atoms with Crippen molar-refractivity contribution < 1.29 is 29.6 Å². The number of esters is 1. The maximum atomic E-state index is 12.0. The average molecular weight is 474 g/mol. The first-order chi connectivity index (χ1) is 16.5. The lowest BCUT2D eigenvalue weighted by Gasteiger charge is -2.17. The number of aromatic nitrogens is 7. The van der Waals surface area contributed by atoms with Gasteiger partial charge in [0, 0.05) is 6.04 Å². The molecule has 1 saturated carbocycles. The van der Waals surface area contributed by atoms with Crippen LogP contribution < -0.4 is 5.32 Å². The van der Waals surface area contributed by atoms with Crippen molar-refractivity contribution >= 4 is 23.0 Å². The second-order valence-corrected chi connectivity index (χ2v) is 8.32. The molecular weight excluding hydrogens is 448 g/mol. The van der Waals surface area contributed by atoms with Crippen molar-refractivity contribution in [2.75, 3.05) is 18.5 Å². The van der Waals surface area contributed by atoms with Gasteiger partial charge in [-0.15, -0.1) is 5.10 Å². The van der Waals surface area contributed by atoms with Crippen molar-refractivity contribution in [3.05, 3.63) is 18.2 Å². The molecule has 2 fully saturated rings. The molecule has 14 heteroatoms. The highest BCUT2D eigenvalue weighted by molar-refractivity contribution is 5.87. The van der Waals surface area contributed by atoms with E-state index in [9.17, 15) is 20.1 Å². The van der Waals surface area contributed by atoms with Crippen LogP contribution in [0.3, 0.4) is 0 Å². The van der Waals surface area contributed by atoms with Crippen molar-refractivity contribution in [3.63, 3.8) is 0 Å². The van der Waals surface area contributed by atoms with Crippen LogP contribution in [0.15, 0.2) is 12.5 Å². The Morgan fingerprint density at radius 2 is 2.06 bits per heavy atom. The van der Waals surface area contributed by atoms with E-state index in [2.05, 4.69) is 30.6 Å². The summed E-state index contributed by atoms with van der Waals surface area (Å²) >= 11 is 0. The van der Waals surface area contributed by atoms with Gasteiger partial charge in [0.1, 0.15) is 18.3 Å². The van der Waals surface area contributed by atoms with Gasteiger partial charge in [-0.05, 0) is 19.8 Å². The van der Waals surface area contributed by atoms with Gasteiger partial charge in [0.25, 0.3) is 5.95 Å². The Morgan fingerprint density at radius 1 is 1.26 bits per heavy atom. The number of aliphatic hydroxyl groups is 3. The molecule has 34 heavy (non-hydrogen) atoms. The Morgan fingerprint density at radius 3 is 2.76 bits per heavy atom. The van der Waals surface area contributed by atoms with Crippen LogP contribution in [0.25, 0.3) is 17.1 Å². The molecule has 0 aromatic carbocycles. The predicted octanol–water partition coefficient (Wildman–Crippen LogP) is -0.450. The molecule has 0 radical (unpaired) electrons. The molecule has 4 N–H and O–H groups in total. The highest BCUT2D eigenvalue weighted by Crippen LogP contribution is 2.33. The number of rotatable bonds is 7. The number of anilines is 1. The number of hydrogen-bond acceptors (Lipinski definition) is 12. The molecule has 1 aliphatic carbocycles. The molecular formula is C20H26N8O6. The Bertz CT molecular complexity index is 1180. The third-order valence-corrected chi connectivity index (χ3v) is 6.08. The lowest BCUT2D eigenvalue weighted by atomic mass is 10.1. The largest absolute Gasteiger partial charge is 0.461 e. The Labute approximate surface area is 193 Å². The van der Waals surface area contributed by atoms with Gasteiger partial charge in [-0.1, -0.05) is 18.1 Å². The topological polar surface area (TPSA) is 183 Å². The molecule has 0 bridgehead atoms. The summed E-state index contributed by atoms with van der Waals surface area (Å²) in [5.74, 6) is -0.0363. The Balaban J connectivity index is 1.57.